The van der Waals surface area contributed by atoms with E-state index in [0.29, 0.717) is 10.0 Å². The molecule has 0 bridgehead atoms. The number of benzene rings is 3. The summed E-state index contributed by atoms with van der Waals surface area (Å²) in [6.07, 6.45) is 3.50. The van der Waals surface area contributed by atoms with E-state index >= 15 is 0 Å². The zero-order chi connectivity index (χ0) is 18.2. The minimum atomic E-state index is 0.693. The van der Waals surface area contributed by atoms with Crippen LogP contribution in [0.3, 0.4) is 0 Å². The lowest BCUT2D eigenvalue weighted by molar-refractivity contribution is 1.34. The van der Waals surface area contributed by atoms with Gasteiger partial charge in [-0.05, 0) is 65.7 Å². The van der Waals surface area contributed by atoms with Gasteiger partial charge in [-0.25, -0.2) is 0 Å². The van der Waals surface area contributed by atoms with Crippen molar-refractivity contribution in [1.29, 1.82) is 0 Å². The maximum absolute atomic E-state index is 5.86. The zero-order valence-electron chi connectivity index (χ0n) is 13.7. The lowest BCUT2D eigenvalue weighted by Gasteiger charge is -2.01. The van der Waals surface area contributed by atoms with Crippen LogP contribution in [0.5, 0.6) is 0 Å². The molecule has 6 heteroatoms. The van der Waals surface area contributed by atoms with Gasteiger partial charge in [-0.15, -0.1) is 0 Å². The van der Waals surface area contributed by atoms with Gasteiger partial charge in [0.05, 0.1) is 23.8 Å². The van der Waals surface area contributed by atoms with E-state index in [1.165, 1.54) is 0 Å². The second-order valence-corrected chi connectivity index (χ2v) is 6.30. The summed E-state index contributed by atoms with van der Waals surface area (Å²) in [5.74, 6) is 0. The van der Waals surface area contributed by atoms with Gasteiger partial charge in [0.15, 0.2) is 0 Å². The first-order valence-corrected chi connectivity index (χ1v) is 8.64. The lowest BCUT2D eigenvalue weighted by Crippen LogP contribution is -1.93. The van der Waals surface area contributed by atoms with Crippen LogP contribution in [0.4, 0.5) is 11.4 Å². The van der Waals surface area contributed by atoms with Gasteiger partial charge < -0.3 is 0 Å². The van der Waals surface area contributed by atoms with Crippen molar-refractivity contribution in [2.75, 3.05) is 10.9 Å². The Bertz CT molecular complexity index is 831. The van der Waals surface area contributed by atoms with Crippen molar-refractivity contribution in [3.05, 3.63) is 94.0 Å². The van der Waals surface area contributed by atoms with Gasteiger partial charge in [0, 0.05) is 10.0 Å². The number of nitrogens with one attached hydrogen (secondary N) is 2. The third-order valence-electron chi connectivity index (χ3n) is 3.41. The molecule has 0 unspecified atom stereocenters. The van der Waals surface area contributed by atoms with Crippen LogP contribution in [0.2, 0.25) is 10.0 Å². The molecule has 0 heterocycles. The van der Waals surface area contributed by atoms with E-state index in [0.717, 1.165) is 22.5 Å². The molecule has 26 heavy (non-hydrogen) atoms. The molecule has 0 aliphatic rings. The third kappa shape index (κ3) is 5.62. The molecule has 2 N–H and O–H groups in total. The summed E-state index contributed by atoms with van der Waals surface area (Å²) in [6.45, 7) is 0. The Morgan fingerprint density at radius 2 is 1.04 bits per heavy atom. The first-order chi connectivity index (χ1) is 12.7. The molecule has 0 aliphatic heterocycles. The fourth-order valence-corrected chi connectivity index (χ4v) is 2.38. The van der Waals surface area contributed by atoms with Crippen LogP contribution in [0.1, 0.15) is 11.1 Å². The number of hydrazone groups is 2. The Balaban J connectivity index is 1.58. The second kappa shape index (κ2) is 9.04. The number of nitrogens with zero attached hydrogens (tertiary/aromatic N) is 2. The monoisotopic (exact) mass is 382 g/mol. The molecule has 3 aromatic carbocycles. The van der Waals surface area contributed by atoms with Crippen LogP contribution in [0.15, 0.2) is 83.0 Å². The van der Waals surface area contributed by atoms with Crippen LogP contribution in [0.25, 0.3) is 0 Å². The van der Waals surface area contributed by atoms with Crippen molar-refractivity contribution in [3.8, 4) is 0 Å². The van der Waals surface area contributed by atoms with Crippen LogP contribution in [-0.2, 0) is 0 Å². The van der Waals surface area contributed by atoms with Crippen molar-refractivity contribution in [3.63, 3.8) is 0 Å². The summed E-state index contributed by atoms with van der Waals surface area (Å²) >= 11 is 11.7. The fraction of sp³-hybridized carbons (Fsp3) is 0. The Labute approximate surface area is 162 Å². The minimum absolute atomic E-state index is 0.693. The Morgan fingerprint density at radius 3 is 1.46 bits per heavy atom. The average molecular weight is 383 g/mol. The third-order valence-corrected chi connectivity index (χ3v) is 3.92. The van der Waals surface area contributed by atoms with Crippen molar-refractivity contribution in [2.24, 2.45) is 10.2 Å². The number of hydrogen-bond donors (Lipinski definition) is 2. The van der Waals surface area contributed by atoms with Gasteiger partial charge in [0.1, 0.15) is 0 Å². The summed E-state index contributed by atoms with van der Waals surface area (Å²) in [4.78, 5) is 0. The second-order valence-electron chi connectivity index (χ2n) is 5.42. The molecule has 0 fully saturated rings. The maximum Gasteiger partial charge on any atom is 0.0562 e. The highest BCUT2D eigenvalue weighted by Gasteiger charge is 1.93. The van der Waals surface area contributed by atoms with Crippen molar-refractivity contribution >= 4 is 47.0 Å². The van der Waals surface area contributed by atoms with E-state index in [1.54, 1.807) is 12.4 Å². The molecule has 0 atom stereocenters. The molecule has 0 spiro atoms. The number of hydrogen-bond acceptors (Lipinski definition) is 4. The Kier molecular flexibility index (Phi) is 6.25. The Morgan fingerprint density at radius 1 is 0.615 bits per heavy atom. The minimum Gasteiger partial charge on any atom is -0.279 e. The first-order valence-electron chi connectivity index (χ1n) is 7.88. The van der Waals surface area contributed by atoms with Crippen LogP contribution < -0.4 is 10.9 Å². The van der Waals surface area contributed by atoms with Gasteiger partial charge in [-0.1, -0.05) is 41.4 Å². The van der Waals surface area contributed by atoms with Gasteiger partial charge in [-0.2, -0.15) is 10.2 Å². The first kappa shape index (κ1) is 18.0. The number of halogens is 2. The maximum atomic E-state index is 5.86. The summed E-state index contributed by atoms with van der Waals surface area (Å²) in [5.41, 5.74) is 9.59. The highest BCUT2D eigenvalue weighted by atomic mass is 35.5. The standard InChI is InChI=1S/C20H16Cl2N4/c21-17-4-8-19(9-5-17)25-23-13-15-2-1-3-16(12-15)14-24-26-20-10-6-18(22)7-11-20/h1-14,25-26H/b23-13-,24-14-. The highest BCUT2D eigenvalue weighted by Crippen LogP contribution is 2.14. The van der Waals surface area contributed by atoms with Crippen LogP contribution in [0, 0.1) is 0 Å². The summed E-state index contributed by atoms with van der Waals surface area (Å²) in [7, 11) is 0. The fourth-order valence-electron chi connectivity index (χ4n) is 2.13. The smallest absolute Gasteiger partial charge is 0.0562 e. The largest absolute Gasteiger partial charge is 0.279 e. The molecule has 0 saturated heterocycles. The zero-order valence-corrected chi connectivity index (χ0v) is 15.2. The van der Waals surface area contributed by atoms with Gasteiger partial charge >= 0.3 is 0 Å². The molecule has 0 aromatic heterocycles. The number of rotatable bonds is 6. The Hall–Kier alpha value is -2.82. The van der Waals surface area contributed by atoms with Crippen LogP contribution >= 0.6 is 23.2 Å². The van der Waals surface area contributed by atoms with E-state index in [2.05, 4.69) is 21.1 Å². The topological polar surface area (TPSA) is 48.8 Å². The quantitative estimate of drug-likeness (QED) is 0.412. The van der Waals surface area contributed by atoms with Crippen molar-refractivity contribution in [2.45, 2.75) is 0 Å². The molecular formula is C20H16Cl2N4. The molecule has 0 radical (unpaired) electrons. The van der Waals surface area contributed by atoms with Gasteiger partial charge in [0.2, 0.25) is 0 Å². The van der Waals surface area contributed by atoms with Gasteiger partial charge in [-0.3, -0.25) is 10.9 Å². The molecule has 4 nitrogen and oxygen atoms in total. The summed E-state index contributed by atoms with van der Waals surface area (Å²) < 4.78 is 0. The van der Waals surface area contributed by atoms with E-state index < -0.39 is 0 Å². The van der Waals surface area contributed by atoms with Crippen LogP contribution in [-0.4, -0.2) is 12.4 Å². The van der Waals surface area contributed by atoms with E-state index in [-0.39, 0.29) is 0 Å². The SMILES string of the molecule is Clc1ccc(N/N=C\c2cccc(/C=N\Nc3ccc(Cl)cc3)c2)cc1. The lowest BCUT2D eigenvalue weighted by atomic mass is 10.1. The van der Waals surface area contributed by atoms with E-state index in [1.807, 2.05) is 72.8 Å². The molecule has 3 rings (SSSR count). The normalized spacial score (nSPS) is 11.2. The number of anilines is 2. The van der Waals surface area contributed by atoms with Crippen molar-refractivity contribution < 1.29 is 0 Å². The summed E-state index contributed by atoms with van der Waals surface area (Å²) in [5, 5.41) is 9.84. The molecule has 3 aromatic rings. The molecule has 0 aliphatic carbocycles. The van der Waals surface area contributed by atoms with Crippen molar-refractivity contribution in [1.82, 2.24) is 0 Å². The predicted octanol–water partition coefficient (Wildman–Crippen LogP) is 5.89. The van der Waals surface area contributed by atoms with E-state index in [9.17, 15) is 0 Å². The molecule has 0 amide bonds. The summed E-state index contributed by atoms with van der Waals surface area (Å²) in [6, 6.07) is 22.6. The predicted molar refractivity (Wildman–Crippen MR) is 112 cm³/mol. The van der Waals surface area contributed by atoms with Gasteiger partial charge in [0.25, 0.3) is 0 Å². The molecule has 130 valence electrons. The average Bonchev–Trinajstić information content (AvgIpc) is 2.65. The highest BCUT2D eigenvalue weighted by molar-refractivity contribution is 6.30. The molecular weight excluding hydrogens is 367 g/mol. The molecule has 0 saturated carbocycles. The van der Waals surface area contributed by atoms with E-state index in [4.69, 9.17) is 23.2 Å².